The van der Waals surface area contributed by atoms with E-state index in [0.29, 0.717) is 42.2 Å². The van der Waals surface area contributed by atoms with E-state index in [1.54, 1.807) is 30.3 Å². The first-order valence-corrected chi connectivity index (χ1v) is 14.5. The Balaban J connectivity index is 1.38. The third-order valence-corrected chi connectivity index (χ3v) is 8.48. The minimum atomic E-state index is -3.67. The van der Waals surface area contributed by atoms with E-state index >= 15 is 0 Å². The number of ether oxygens (including phenoxy) is 3. The summed E-state index contributed by atoms with van der Waals surface area (Å²) < 4.78 is 44.9. The van der Waals surface area contributed by atoms with E-state index in [9.17, 15) is 8.42 Å². The van der Waals surface area contributed by atoms with Crippen LogP contribution in [0.5, 0.6) is 5.75 Å². The van der Waals surface area contributed by atoms with Crippen LogP contribution >= 0.6 is 23.2 Å². The summed E-state index contributed by atoms with van der Waals surface area (Å²) in [5, 5.41) is 1.24. The van der Waals surface area contributed by atoms with Gasteiger partial charge in [-0.1, -0.05) is 23.2 Å². The van der Waals surface area contributed by atoms with Gasteiger partial charge in [0.25, 0.3) is 0 Å². The Hall–Kier alpha value is -1.43. The van der Waals surface area contributed by atoms with Gasteiger partial charge in [0.15, 0.2) is 0 Å². The summed E-state index contributed by atoms with van der Waals surface area (Å²) in [4.78, 5) is 2.61. The lowest BCUT2D eigenvalue weighted by atomic mass is 10.1. The molecule has 1 aliphatic carbocycles. The maximum atomic E-state index is 12.6. The van der Waals surface area contributed by atoms with Crippen LogP contribution in [-0.4, -0.2) is 72.0 Å². The molecule has 0 amide bonds. The average molecular weight is 559 g/mol. The molecule has 2 atom stereocenters. The molecule has 2 aromatic rings. The first kappa shape index (κ1) is 27.6. The molecule has 11 heteroatoms. The van der Waals surface area contributed by atoms with Gasteiger partial charge in [-0.15, -0.1) is 0 Å². The highest BCUT2D eigenvalue weighted by atomic mass is 35.5. The van der Waals surface area contributed by atoms with Gasteiger partial charge in [-0.3, -0.25) is 4.90 Å². The van der Waals surface area contributed by atoms with Crippen molar-refractivity contribution in [3.63, 3.8) is 0 Å². The molecule has 0 aromatic heterocycles. The first-order chi connectivity index (χ1) is 17.4. The highest BCUT2D eigenvalue weighted by Gasteiger charge is 2.40. The molecule has 0 radical (unpaired) electrons. The number of nitrogens with one attached hydrogen (secondary N) is 1. The van der Waals surface area contributed by atoms with E-state index in [-0.39, 0.29) is 30.2 Å². The van der Waals surface area contributed by atoms with Crippen LogP contribution in [0.1, 0.15) is 30.1 Å². The predicted molar refractivity (Wildman–Crippen MR) is 140 cm³/mol. The van der Waals surface area contributed by atoms with Crippen LogP contribution in [0.25, 0.3) is 0 Å². The molecule has 4 rings (SSSR count). The summed E-state index contributed by atoms with van der Waals surface area (Å²) in [5.74, 6) is 0.591. The highest BCUT2D eigenvalue weighted by molar-refractivity contribution is 7.89. The molecule has 2 aliphatic rings. The number of rotatable bonds is 13. The fourth-order valence-corrected chi connectivity index (χ4v) is 6.33. The second kappa shape index (κ2) is 12.9. The fourth-order valence-electron chi connectivity index (χ4n) is 4.73. The average Bonchev–Trinajstić information content (AvgIpc) is 3.50. The molecule has 0 saturated carbocycles. The molecule has 198 valence electrons. The van der Waals surface area contributed by atoms with Crippen molar-refractivity contribution in [1.82, 2.24) is 9.62 Å². The van der Waals surface area contributed by atoms with Gasteiger partial charge in [-0.2, -0.15) is 0 Å². The molecular weight excluding hydrogens is 525 g/mol. The maximum Gasteiger partial charge on any atom is 0.240 e. The van der Waals surface area contributed by atoms with Gasteiger partial charge in [0.1, 0.15) is 11.9 Å². The van der Waals surface area contributed by atoms with Gasteiger partial charge in [-0.05, 0) is 74.3 Å². The molecule has 8 nitrogen and oxygen atoms in total. The standard InChI is InChI=1S/C25H33Cl2N3O5S/c26-18-15-22-21(23(27)16-18)17-24(30-9-1-2-10-30)25(22)35-19-3-5-20(6-4-19)36(31,32)29-8-12-34-14-13-33-11-7-28/h3-6,15-16,24-25,29H,1-2,7-14,17,28H2/t24-,25-/m0/s1. The van der Waals surface area contributed by atoms with Crippen LogP contribution in [0.15, 0.2) is 41.3 Å². The minimum Gasteiger partial charge on any atom is -0.484 e. The number of nitrogens with zero attached hydrogens (tertiary/aromatic N) is 1. The predicted octanol–water partition coefficient (Wildman–Crippen LogP) is 3.40. The van der Waals surface area contributed by atoms with Gasteiger partial charge in [0, 0.05) is 28.7 Å². The zero-order valence-corrected chi connectivity index (χ0v) is 22.5. The summed E-state index contributed by atoms with van der Waals surface area (Å²) in [5.41, 5.74) is 7.41. The Morgan fingerprint density at radius 2 is 1.69 bits per heavy atom. The van der Waals surface area contributed by atoms with Gasteiger partial charge in [0.2, 0.25) is 10.0 Å². The van der Waals surface area contributed by atoms with Gasteiger partial charge in [-0.25, -0.2) is 13.1 Å². The number of hydrogen-bond acceptors (Lipinski definition) is 7. The molecule has 1 aliphatic heterocycles. The Bertz CT molecular complexity index is 1110. The van der Waals surface area contributed by atoms with Gasteiger partial charge >= 0.3 is 0 Å². The highest BCUT2D eigenvalue weighted by Crippen LogP contribution is 2.43. The Kier molecular flexibility index (Phi) is 9.88. The number of fused-ring (bicyclic) bond motifs is 1. The van der Waals surface area contributed by atoms with E-state index in [4.69, 9.17) is 43.1 Å². The SMILES string of the molecule is NCCOCCOCCNS(=O)(=O)c1ccc(O[C@H]2c3cc(Cl)cc(Cl)c3C[C@@H]2N2CCCC2)cc1. The van der Waals surface area contributed by atoms with E-state index in [1.807, 2.05) is 6.07 Å². The number of nitrogens with two attached hydrogens (primary N) is 1. The van der Waals surface area contributed by atoms with Crippen LogP contribution < -0.4 is 15.2 Å². The Morgan fingerprint density at radius 1 is 1.00 bits per heavy atom. The van der Waals surface area contributed by atoms with E-state index in [1.165, 1.54) is 12.8 Å². The fraction of sp³-hybridized carbons (Fsp3) is 0.520. The van der Waals surface area contributed by atoms with Crippen LogP contribution in [-0.2, 0) is 25.9 Å². The normalized spacial score (nSPS) is 20.1. The number of sulfonamides is 1. The largest absolute Gasteiger partial charge is 0.484 e. The van der Waals surface area contributed by atoms with E-state index in [2.05, 4.69) is 9.62 Å². The first-order valence-electron chi connectivity index (χ1n) is 12.2. The number of benzene rings is 2. The van der Waals surface area contributed by atoms with Gasteiger partial charge in [0.05, 0.1) is 37.4 Å². The van der Waals surface area contributed by atoms with Crippen LogP contribution in [0.4, 0.5) is 0 Å². The lowest BCUT2D eigenvalue weighted by molar-refractivity contribution is 0.0530. The van der Waals surface area contributed by atoms with E-state index in [0.717, 1.165) is 30.6 Å². The van der Waals surface area contributed by atoms with Crippen LogP contribution in [0.3, 0.4) is 0 Å². The molecule has 2 aromatic carbocycles. The van der Waals surface area contributed by atoms with Crippen molar-refractivity contribution in [2.24, 2.45) is 5.73 Å². The zero-order chi connectivity index (χ0) is 25.5. The van der Waals surface area contributed by atoms with Crippen molar-refractivity contribution in [3.05, 3.63) is 57.6 Å². The van der Waals surface area contributed by atoms with Crippen LogP contribution in [0, 0.1) is 0 Å². The second-order valence-corrected chi connectivity index (χ2v) is 11.5. The van der Waals surface area contributed by atoms with Crippen molar-refractivity contribution in [2.75, 3.05) is 52.6 Å². The van der Waals surface area contributed by atoms with Crippen molar-refractivity contribution >= 4 is 33.2 Å². The van der Waals surface area contributed by atoms with Crippen molar-refractivity contribution < 1.29 is 22.6 Å². The van der Waals surface area contributed by atoms with Gasteiger partial charge < -0.3 is 19.9 Å². The van der Waals surface area contributed by atoms with E-state index < -0.39 is 10.0 Å². The summed E-state index contributed by atoms with van der Waals surface area (Å²) in [6, 6.07) is 10.3. The lowest BCUT2D eigenvalue weighted by Crippen LogP contribution is -2.38. The lowest BCUT2D eigenvalue weighted by Gasteiger charge is -2.30. The number of hydrogen-bond donors (Lipinski definition) is 2. The number of halogens is 2. The second-order valence-electron chi connectivity index (χ2n) is 8.89. The van der Waals surface area contributed by atoms with Crippen LogP contribution in [0.2, 0.25) is 10.0 Å². The molecule has 0 unspecified atom stereocenters. The molecule has 3 N–H and O–H groups in total. The molecule has 1 saturated heterocycles. The third kappa shape index (κ3) is 6.90. The summed E-state index contributed by atoms with van der Waals surface area (Å²) in [6.45, 7) is 4.20. The summed E-state index contributed by atoms with van der Waals surface area (Å²) in [6.07, 6.45) is 2.90. The molecular formula is C25H33Cl2N3O5S. The third-order valence-electron chi connectivity index (χ3n) is 6.44. The topological polar surface area (TPSA) is 103 Å². The minimum absolute atomic E-state index is 0.157. The molecule has 36 heavy (non-hydrogen) atoms. The Morgan fingerprint density at radius 3 is 2.39 bits per heavy atom. The quantitative estimate of drug-likeness (QED) is 0.364. The van der Waals surface area contributed by atoms with Crippen molar-refractivity contribution in [2.45, 2.75) is 36.3 Å². The maximum absolute atomic E-state index is 12.6. The zero-order valence-electron chi connectivity index (χ0n) is 20.1. The molecule has 0 spiro atoms. The van der Waals surface area contributed by atoms with Crippen molar-refractivity contribution in [3.8, 4) is 5.75 Å². The number of likely N-dealkylation sites (tertiary alicyclic amines) is 1. The summed E-state index contributed by atoms with van der Waals surface area (Å²) in [7, 11) is -3.67. The monoisotopic (exact) mass is 557 g/mol. The smallest absolute Gasteiger partial charge is 0.240 e. The molecule has 1 heterocycles. The summed E-state index contributed by atoms with van der Waals surface area (Å²) >= 11 is 12.8. The molecule has 1 fully saturated rings. The molecule has 0 bridgehead atoms. The Labute approximate surface area is 223 Å². The van der Waals surface area contributed by atoms with Crippen molar-refractivity contribution in [1.29, 1.82) is 0 Å².